The van der Waals surface area contributed by atoms with Gasteiger partial charge in [-0.3, -0.25) is 9.78 Å². The van der Waals surface area contributed by atoms with Crippen molar-refractivity contribution in [2.45, 2.75) is 27.7 Å². The first-order valence-corrected chi connectivity index (χ1v) is 8.79. The molecule has 0 atom stereocenters. The lowest BCUT2D eigenvalue weighted by Crippen LogP contribution is -2.30. The van der Waals surface area contributed by atoms with E-state index >= 15 is 0 Å². The molecule has 1 N–H and O–H groups in total. The Morgan fingerprint density at radius 3 is 2.38 bits per heavy atom. The summed E-state index contributed by atoms with van der Waals surface area (Å²) in [5.74, 6) is -0.0276. The highest BCUT2D eigenvalue weighted by Crippen LogP contribution is 2.26. The van der Waals surface area contributed by atoms with Gasteiger partial charge in [0.05, 0.1) is 12.1 Å². The normalized spacial score (nSPS) is 10.8. The van der Waals surface area contributed by atoms with Crippen molar-refractivity contribution in [3.05, 3.63) is 64.8 Å². The summed E-state index contributed by atoms with van der Waals surface area (Å²) in [6, 6.07) is 12.3. The number of hydrogen-bond donors (Lipinski definition) is 1. The Morgan fingerprint density at radius 1 is 1.00 bits per heavy atom. The quantitative estimate of drug-likeness (QED) is 0.753. The summed E-state index contributed by atoms with van der Waals surface area (Å²) in [7, 11) is 1.94. The van der Waals surface area contributed by atoms with Crippen molar-refractivity contribution >= 4 is 28.2 Å². The second kappa shape index (κ2) is 7.16. The van der Waals surface area contributed by atoms with Gasteiger partial charge >= 0.3 is 0 Å². The Morgan fingerprint density at radius 2 is 1.69 bits per heavy atom. The molecule has 0 aliphatic carbocycles. The summed E-state index contributed by atoms with van der Waals surface area (Å²) in [6.07, 6.45) is 1.79. The number of pyridine rings is 1. The Kier molecular flexibility index (Phi) is 4.94. The van der Waals surface area contributed by atoms with Crippen molar-refractivity contribution in [2.75, 3.05) is 23.8 Å². The summed E-state index contributed by atoms with van der Waals surface area (Å²) in [5, 5.41) is 4.13. The Labute approximate surface area is 154 Å². The van der Waals surface area contributed by atoms with Crippen LogP contribution < -0.4 is 10.2 Å². The van der Waals surface area contributed by atoms with Gasteiger partial charge in [-0.1, -0.05) is 29.3 Å². The molecule has 2 aromatic carbocycles. The highest BCUT2D eigenvalue weighted by Gasteiger charge is 2.13. The molecule has 26 heavy (non-hydrogen) atoms. The predicted octanol–water partition coefficient (Wildman–Crippen LogP) is 4.54. The van der Waals surface area contributed by atoms with Crippen molar-refractivity contribution < 1.29 is 4.79 Å². The lowest BCUT2D eigenvalue weighted by atomic mass is 10.1. The first-order chi connectivity index (χ1) is 12.3. The highest BCUT2D eigenvalue weighted by atomic mass is 16.2. The Hall–Kier alpha value is -2.88. The maximum atomic E-state index is 12.6. The van der Waals surface area contributed by atoms with Crippen molar-refractivity contribution in [3.8, 4) is 0 Å². The maximum Gasteiger partial charge on any atom is 0.243 e. The van der Waals surface area contributed by atoms with Crippen molar-refractivity contribution in [1.29, 1.82) is 0 Å². The molecule has 0 spiro atoms. The second-order valence-corrected chi connectivity index (χ2v) is 7.03. The molecule has 0 saturated heterocycles. The van der Waals surface area contributed by atoms with Crippen LogP contribution in [0.5, 0.6) is 0 Å². The van der Waals surface area contributed by atoms with Crippen molar-refractivity contribution in [1.82, 2.24) is 4.98 Å². The fourth-order valence-electron chi connectivity index (χ4n) is 3.44. The fourth-order valence-corrected chi connectivity index (χ4v) is 3.44. The smallest absolute Gasteiger partial charge is 0.243 e. The maximum absolute atomic E-state index is 12.6. The van der Waals surface area contributed by atoms with Gasteiger partial charge in [0, 0.05) is 30.0 Å². The number of anilines is 2. The molecule has 0 aliphatic rings. The number of carbonyl (C=O) groups is 1. The van der Waals surface area contributed by atoms with Crippen LogP contribution in [0.2, 0.25) is 0 Å². The second-order valence-electron chi connectivity index (χ2n) is 7.03. The van der Waals surface area contributed by atoms with Gasteiger partial charge in [-0.2, -0.15) is 0 Å². The van der Waals surface area contributed by atoms with Crippen LogP contribution in [-0.2, 0) is 4.79 Å². The number of amides is 1. The lowest BCUT2D eigenvalue weighted by molar-refractivity contribution is -0.114. The minimum absolute atomic E-state index is 0.0276. The van der Waals surface area contributed by atoms with Gasteiger partial charge in [-0.05, 0) is 57.0 Å². The van der Waals surface area contributed by atoms with E-state index < -0.39 is 0 Å². The van der Waals surface area contributed by atoms with E-state index in [1.54, 1.807) is 6.20 Å². The van der Waals surface area contributed by atoms with Crippen LogP contribution in [0.1, 0.15) is 22.3 Å². The molecule has 4 heteroatoms. The third-order valence-electron chi connectivity index (χ3n) is 4.61. The molecule has 1 amide bonds. The minimum Gasteiger partial charge on any atom is -0.365 e. The van der Waals surface area contributed by atoms with E-state index in [0.29, 0.717) is 0 Å². The molecular formula is C22H25N3O. The number of aryl methyl sites for hydroxylation is 4. The van der Waals surface area contributed by atoms with Gasteiger partial charge in [-0.15, -0.1) is 0 Å². The molecular weight excluding hydrogens is 322 g/mol. The van der Waals surface area contributed by atoms with Crippen LogP contribution in [0.4, 0.5) is 11.4 Å². The SMILES string of the molecule is Cc1cc(C)c(NC(=O)CN(C)c2ccnc3ccc(C)cc23)c(C)c1. The summed E-state index contributed by atoms with van der Waals surface area (Å²) < 4.78 is 0. The molecule has 0 fully saturated rings. The van der Waals surface area contributed by atoms with Crippen LogP contribution >= 0.6 is 0 Å². The zero-order valence-electron chi connectivity index (χ0n) is 16.1. The van der Waals surface area contributed by atoms with E-state index in [9.17, 15) is 4.79 Å². The number of likely N-dealkylation sites (N-methyl/N-ethyl adjacent to an activating group) is 1. The summed E-state index contributed by atoms with van der Waals surface area (Å²) in [4.78, 5) is 19.0. The van der Waals surface area contributed by atoms with Gasteiger partial charge in [0.2, 0.25) is 5.91 Å². The molecule has 3 rings (SSSR count). The zero-order valence-corrected chi connectivity index (χ0v) is 16.1. The topological polar surface area (TPSA) is 45.2 Å². The molecule has 1 aromatic heterocycles. The van der Waals surface area contributed by atoms with E-state index in [4.69, 9.17) is 0 Å². The van der Waals surface area contributed by atoms with E-state index in [0.717, 1.165) is 33.4 Å². The summed E-state index contributed by atoms with van der Waals surface area (Å²) in [5.41, 5.74) is 7.40. The lowest BCUT2D eigenvalue weighted by Gasteiger charge is -2.21. The van der Waals surface area contributed by atoms with Gasteiger partial charge in [0.15, 0.2) is 0 Å². The zero-order chi connectivity index (χ0) is 18.8. The van der Waals surface area contributed by atoms with Crippen molar-refractivity contribution in [2.24, 2.45) is 0 Å². The van der Waals surface area contributed by atoms with E-state index in [1.807, 2.05) is 37.9 Å². The third kappa shape index (κ3) is 3.69. The summed E-state index contributed by atoms with van der Waals surface area (Å²) in [6.45, 7) is 8.46. The molecule has 0 radical (unpaired) electrons. The Balaban J connectivity index is 1.81. The number of aromatic nitrogens is 1. The average Bonchev–Trinajstić information content (AvgIpc) is 2.57. The van der Waals surface area contributed by atoms with E-state index in [1.165, 1.54) is 11.1 Å². The summed E-state index contributed by atoms with van der Waals surface area (Å²) >= 11 is 0. The molecule has 0 bridgehead atoms. The molecule has 0 unspecified atom stereocenters. The van der Waals surface area contributed by atoms with Gasteiger partial charge in [-0.25, -0.2) is 0 Å². The molecule has 3 aromatic rings. The van der Waals surface area contributed by atoms with Crippen LogP contribution in [-0.4, -0.2) is 24.5 Å². The molecule has 134 valence electrons. The number of hydrogen-bond acceptors (Lipinski definition) is 3. The van der Waals surface area contributed by atoms with Crippen LogP contribution in [0.3, 0.4) is 0 Å². The number of fused-ring (bicyclic) bond motifs is 1. The minimum atomic E-state index is -0.0276. The van der Waals surface area contributed by atoms with Gasteiger partial charge in [0.25, 0.3) is 0 Å². The first kappa shape index (κ1) is 17.9. The van der Waals surface area contributed by atoms with E-state index in [2.05, 4.69) is 48.4 Å². The largest absolute Gasteiger partial charge is 0.365 e. The van der Waals surface area contributed by atoms with Crippen LogP contribution in [0, 0.1) is 27.7 Å². The van der Waals surface area contributed by atoms with Gasteiger partial charge < -0.3 is 10.2 Å². The molecule has 0 saturated carbocycles. The number of nitrogens with one attached hydrogen (secondary N) is 1. The molecule has 4 nitrogen and oxygen atoms in total. The monoisotopic (exact) mass is 347 g/mol. The van der Waals surface area contributed by atoms with Crippen LogP contribution in [0.25, 0.3) is 10.9 Å². The highest BCUT2D eigenvalue weighted by molar-refractivity contribution is 5.98. The average molecular weight is 347 g/mol. The standard InChI is InChI=1S/C22H25N3O/c1-14-6-7-19-18(12-14)20(8-9-23-19)25(5)13-21(26)24-22-16(3)10-15(2)11-17(22)4/h6-12H,13H2,1-5H3,(H,24,26). The first-order valence-electron chi connectivity index (χ1n) is 8.79. The molecule has 1 heterocycles. The van der Waals surface area contributed by atoms with Crippen molar-refractivity contribution in [3.63, 3.8) is 0 Å². The number of rotatable bonds is 4. The number of benzene rings is 2. The Bertz CT molecular complexity index is 955. The predicted molar refractivity (Wildman–Crippen MR) is 109 cm³/mol. The number of nitrogens with zero attached hydrogens (tertiary/aromatic N) is 2. The molecule has 0 aliphatic heterocycles. The third-order valence-corrected chi connectivity index (χ3v) is 4.61. The van der Waals surface area contributed by atoms with Crippen LogP contribution in [0.15, 0.2) is 42.6 Å². The number of carbonyl (C=O) groups excluding carboxylic acids is 1. The fraction of sp³-hybridized carbons (Fsp3) is 0.273. The van der Waals surface area contributed by atoms with E-state index in [-0.39, 0.29) is 12.5 Å². The van der Waals surface area contributed by atoms with Gasteiger partial charge in [0.1, 0.15) is 0 Å².